The zero-order valence-corrected chi connectivity index (χ0v) is 9.96. The second-order valence-corrected chi connectivity index (χ2v) is 4.51. The van der Waals surface area contributed by atoms with Crippen LogP contribution in [0.15, 0.2) is 11.7 Å². The van der Waals surface area contributed by atoms with Crippen LogP contribution < -0.4 is 0 Å². The van der Waals surface area contributed by atoms with Gasteiger partial charge in [0.2, 0.25) is 0 Å². The third kappa shape index (κ3) is 2.64. The van der Waals surface area contributed by atoms with E-state index in [4.69, 9.17) is 5.11 Å². The van der Waals surface area contributed by atoms with Crippen LogP contribution in [0.5, 0.6) is 0 Å². The lowest BCUT2D eigenvalue weighted by atomic mass is 10.1. The van der Waals surface area contributed by atoms with E-state index in [2.05, 4.69) is 20.5 Å². The van der Waals surface area contributed by atoms with Crippen LogP contribution in [-0.4, -0.2) is 36.3 Å². The summed E-state index contributed by atoms with van der Waals surface area (Å²) in [5, 5.41) is 20.1. The number of aliphatic carboxylic acids is 1. The number of hydrogen-bond acceptors (Lipinski definition) is 6. The zero-order valence-electron chi connectivity index (χ0n) is 9.15. The number of nitrogens with zero attached hydrogens (tertiary/aromatic N) is 5. The lowest BCUT2D eigenvalue weighted by Crippen LogP contribution is -2.13. The Hall–Kier alpha value is -1.83. The fourth-order valence-corrected chi connectivity index (χ4v) is 1.91. The molecule has 8 heteroatoms. The van der Waals surface area contributed by atoms with E-state index in [1.165, 1.54) is 11.3 Å². The average Bonchev–Trinajstić information content (AvgIpc) is 2.95. The molecule has 1 unspecified atom stereocenters. The molecule has 0 spiro atoms. The van der Waals surface area contributed by atoms with E-state index < -0.39 is 11.9 Å². The van der Waals surface area contributed by atoms with Gasteiger partial charge < -0.3 is 5.11 Å². The lowest BCUT2D eigenvalue weighted by molar-refractivity contribution is -0.141. The highest BCUT2D eigenvalue weighted by Crippen LogP contribution is 2.20. The Morgan fingerprint density at radius 3 is 3.12 bits per heavy atom. The van der Waals surface area contributed by atoms with Gasteiger partial charge in [-0.15, -0.1) is 16.4 Å². The maximum absolute atomic E-state index is 10.7. The molecule has 2 heterocycles. The minimum atomic E-state index is -0.808. The quantitative estimate of drug-likeness (QED) is 0.851. The fourth-order valence-electron chi connectivity index (χ4n) is 1.30. The molecule has 0 saturated heterocycles. The molecule has 0 aliphatic heterocycles. The molecule has 1 atom stereocenters. The van der Waals surface area contributed by atoms with Crippen molar-refractivity contribution >= 4 is 17.3 Å². The maximum Gasteiger partial charge on any atom is 0.306 e. The molecular weight excluding hydrogens is 242 g/mol. The predicted molar refractivity (Wildman–Crippen MR) is 60.3 cm³/mol. The second-order valence-electron chi connectivity index (χ2n) is 3.62. The summed E-state index contributed by atoms with van der Waals surface area (Å²) < 4.78 is 1.60. The van der Waals surface area contributed by atoms with Crippen molar-refractivity contribution in [3.63, 3.8) is 0 Å². The number of rotatable bonds is 5. The number of carboxylic acid groups (broad SMARTS) is 1. The van der Waals surface area contributed by atoms with Crippen molar-refractivity contribution in [2.45, 2.75) is 19.9 Å². The average molecular weight is 253 g/mol. The summed E-state index contributed by atoms with van der Waals surface area (Å²) in [5.74, 6) is -0.587. The zero-order chi connectivity index (χ0) is 12.3. The van der Waals surface area contributed by atoms with Crippen molar-refractivity contribution in [2.24, 2.45) is 5.92 Å². The highest BCUT2D eigenvalue weighted by atomic mass is 32.1. The molecule has 0 aromatic carbocycles. The first-order chi connectivity index (χ1) is 8.18. The Labute approximate surface area is 101 Å². The SMILES string of the molecule is CC(CCn1nnnc1-c1cncs1)C(=O)O. The number of thiazole rings is 1. The third-order valence-corrected chi connectivity index (χ3v) is 3.15. The van der Waals surface area contributed by atoms with Crippen LogP contribution in [0.1, 0.15) is 13.3 Å². The number of carbonyl (C=O) groups is 1. The summed E-state index contributed by atoms with van der Waals surface area (Å²) in [4.78, 5) is 15.5. The minimum Gasteiger partial charge on any atom is -0.481 e. The van der Waals surface area contributed by atoms with E-state index in [1.54, 1.807) is 23.3 Å². The molecule has 90 valence electrons. The molecule has 0 aliphatic carbocycles. The van der Waals surface area contributed by atoms with Gasteiger partial charge in [-0.25, -0.2) is 4.68 Å². The van der Waals surface area contributed by atoms with E-state index in [0.29, 0.717) is 18.8 Å². The van der Waals surface area contributed by atoms with Crippen molar-refractivity contribution < 1.29 is 9.90 Å². The Morgan fingerprint density at radius 2 is 2.47 bits per heavy atom. The molecule has 7 nitrogen and oxygen atoms in total. The van der Waals surface area contributed by atoms with Gasteiger partial charge in [0.15, 0.2) is 5.82 Å². The van der Waals surface area contributed by atoms with Gasteiger partial charge in [0.25, 0.3) is 0 Å². The van der Waals surface area contributed by atoms with Crippen molar-refractivity contribution in [3.8, 4) is 10.7 Å². The van der Waals surface area contributed by atoms with E-state index >= 15 is 0 Å². The monoisotopic (exact) mass is 253 g/mol. The molecule has 0 bridgehead atoms. The Balaban J connectivity index is 2.08. The van der Waals surface area contributed by atoms with Crippen LogP contribution in [-0.2, 0) is 11.3 Å². The van der Waals surface area contributed by atoms with Crippen molar-refractivity contribution in [3.05, 3.63) is 11.7 Å². The standard InChI is InChI=1S/C9H11N5O2S/c1-6(9(15)16)2-3-14-8(11-12-13-14)7-4-10-5-17-7/h4-6H,2-3H2,1H3,(H,15,16). The van der Waals surface area contributed by atoms with Crippen LogP contribution in [0.2, 0.25) is 0 Å². The number of carboxylic acids is 1. The predicted octanol–water partition coefficient (Wildman–Crippen LogP) is 0.907. The number of aromatic nitrogens is 5. The van der Waals surface area contributed by atoms with Gasteiger partial charge in [-0.05, 0) is 16.8 Å². The van der Waals surface area contributed by atoms with Gasteiger partial charge in [0, 0.05) is 12.7 Å². The molecule has 2 rings (SSSR count). The van der Waals surface area contributed by atoms with Crippen LogP contribution in [0.25, 0.3) is 10.7 Å². The molecule has 0 fully saturated rings. The van der Waals surface area contributed by atoms with Gasteiger partial charge in [0.1, 0.15) is 0 Å². The summed E-state index contributed by atoms with van der Waals surface area (Å²) in [6.45, 7) is 2.15. The summed E-state index contributed by atoms with van der Waals surface area (Å²) in [6.07, 6.45) is 2.18. The highest BCUT2D eigenvalue weighted by molar-refractivity contribution is 7.13. The van der Waals surface area contributed by atoms with Crippen molar-refractivity contribution in [2.75, 3.05) is 0 Å². The smallest absolute Gasteiger partial charge is 0.306 e. The summed E-state index contributed by atoms with van der Waals surface area (Å²) in [5.41, 5.74) is 1.70. The lowest BCUT2D eigenvalue weighted by Gasteiger charge is -2.06. The van der Waals surface area contributed by atoms with E-state index in [0.717, 1.165) is 4.88 Å². The fraction of sp³-hybridized carbons (Fsp3) is 0.444. The van der Waals surface area contributed by atoms with Crippen molar-refractivity contribution in [1.82, 2.24) is 25.2 Å². The molecular formula is C9H11N5O2S. The van der Waals surface area contributed by atoms with Crippen LogP contribution in [0.4, 0.5) is 0 Å². The third-order valence-electron chi connectivity index (χ3n) is 2.38. The maximum atomic E-state index is 10.7. The molecule has 0 radical (unpaired) electrons. The van der Waals surface area contributed by atoms with Crippen LogP contribution in [0, 0.1) is 5.92 Å². The Bertz CT molecular complexity index is 495. The number of tetrazole rings is 1. The van der Waals surface area contributed by atoms with Gasteiger partial charge in [-0.3, -0.25) is 9.78 Å². The van der Waals surface area contributed by atoms with Crippen LogP contribution in [0.3, 0.4) is 0 Å². The largest absolute Gasteiger partial charge is 0.481 e. The minimum absolute atomic E-state index is 0.409. The Morgan fingerprint density at radius 1 is 1.65 bits per heavy atom. The molecule has 1 N–H and O–H groups in total. The summed E-state index contributed by atoms with van der Waals surface area (Å²) in [7, 11) is 0. The van der Waals surface area contributed by atoms with E-state index in [1.807, 2.05) is 0 Å². The van der Waals surface area contributed by atoms with Gasteiger partial charge in [-0.1, -0.05) is 6.92 Å². The molecule has 17 heavy (non-hydrogen) atoms. The second kappa shape index (κ2) is 5.00. The Kier molecular flexibility index (Phi) is 3.43. The number of aryl methyl sites for hydroxylation is 1. The molecule has 0 aliphatic rings. The topological polar surface area (TPSA) is 93.8 Å². The first kappa shape index (κ1) is 11.6. The first-order valence-electron chi connectivity index (χ1n) is 5.06. The summed E-state index contributed by atoms with van der Waals surface area (Å²) >= 11 is 1.44. The van der Waals surface area contributed by atoms with Crippen LogP contribution >= 0.6 is 11.3 Å². The molecule has 0 amide bonds. The van der Waals surface area contributed by atoms with Crippen molar-refractivity contribution in [1.29, 1.82) is 0 Å². The highest BCUT2D eigenvalue weighted by Gasteiger charge is 2.14. The number of hydrogen-bond donors (Lipinski definition) is 1. The normalized spacial score (nSPS) is 12.5. The molecule has 0 saturated carbocycles. The van der Waals surface area contributed by atoms with E-state index in [-0.39, 0.29) is 0 Å². The molecule has 2 aromatic rings. The van der Waals surface area contributed by atoms with Gasteiger partial charge in [0.05, 0.1) is 16.3 Å². The van der Waals surface area contributed by atoms with E-state index in [9.17, 15) is 4.79 Å². The summed E-state index contributed by atoms with van der Waals surface area (Å²) in [6, 6.07) is 0. The first-order valence-corrected chi connectivity index (χ1v) is 5.94. The van der Waals surface area contributed by atoms with Gasteiger partial charge >= 0.3 is 5.97 Å². The van der Waals surface area contributed by atoms with Gasteiger partial charge in [-0.2, -0.15) is 0 Å². The molecule has 2 aromatic heterocycles.